The molecule has 0 rings (SSSR count). The summed E-state index contributed by atoms with van der Waals surface area (Å²) in [4.78, 5) is 11.0. The van der Waals surface area contributed by atoms with Crippen LogP contribution in [0.3, 0.4) is 0 Å². The number of hydrogen-bond acceptors (Lipinski definition) is 2. The van der Waals surface area contributed by atoms with Crippen molar-refractivity contribution in [1.29, 1.82) is 0 Å². The minimum absolute atomic E-state index is 0.0827. The second-order valence-corrected chi connectivity index (χ2v) is 3.40. The third kappa shape index (κ3) is 3.21. The lowest BCUT2D eigenvalue weighted by Gasteiger charge is -2.21. The number of hydrogen-bond donors (Lipinski definition) is 1. The summed E-state index contributed by atoms with van der Waals surface area (Å²) in [7, 11) is 0. The van der Waals surface area contributed by atoms with E-state index in [1.165, 1.54) is 0 Å². The molecular weight excluding hydrogens is 140 g/mol. The molecule has 0 aliphatic rings. The second-order valence-electron chi connectivity index (χ2n) is 3.40. The Bertz CT molecular complexity index is 168. The molecule has 0 bridgehead atoms. The Labute approximate surface area is 67.9 Å². The standard InChI is InChI=1S/C9H16O2/c1-5-8(11)6-9(3,4)7(2)10/h10H,2,5-6H2,1,3-4H3. The molecule has 2 nitrogen and oxygen atoms in total. The van der Waals surface area contributed by atoms with Gasteiger partial charge in [0.05, 0.1) is 5.76 Å². The van der Waals surface area contributed by atoms with Gasteiger partial charge in [0, 0.05) is 18.3 Å². The first kappa shape index (κ1) is 10.2. The molecule has 0 saturated carbocycles. The van der Waals surface area contributed by atoms with Crippen LogP contribution in [-0.4, -0.2) is 10.9 Å². The molecule has 0 heterocycles. The molecule has 0 aromatic rings. The van der Waals surface area contributed by atoms with Crippen LogP contribution < -0.4 is 0 Å². The summed E-state index contributed by atoms with van der Waals surface area (Å²) >= 11 is 0. The van der Waals surface area contributed by atoms with E-state index in [-0.39, 0.29) is 11.5 Å². The molecule has 11 heavy (non-hydrogen) atoms. The van der Waals surface area contributed by atoms with Crippen LogP contribution in [0.4, 0.5) is 0 Å². The van der Waals surface area contributed by atoms with Crippen LogP contribution >= 0.6 is 0 Å². The lowest BCUT2D eigenvalue weighted by Crippen LogP contribution is -2.18. The molecule has 0 radical (unpaired) electrons. The average Bonchev–Trinajstić information content (AvgIpc) is 1.86. The number of carbonyl (C=O) groups excluding carboxylic acids is 1. The predicted molar refractivity (Wildman–Crippen MR) is 45.5 cm³/mol. The molecule has 64 valence electrons. The highest BCUT2D eigenvalue weighted by Gasteiger charge is 2.23. The molecule has 0 aliphatic heterocycles. The number of rotatable bonds is 4. The first-order valence-electron chi connectivity index (χ1n) is 3.80. The van der Waals surface area contributed by atoms with Gasteiger partial charge in [-0.1, -0.05) is 27.4 Å². The Morgan fingerprint density at radius 2 is 2.00 bits per heavy atom. The van der Waals surface area contributed by atoms with Gasteiger partial charge in [-0.3, -0.25) is 4.79 Å². The molecule has 0 spiro atoms. The Kier molecular flexibility index (Phi) is 3.30. The molecule has 0 amide bonds. The molecule has 0 aromatic heterocycles. The number of allylic oxidation sites excluding steroid dienone is 1. The monoisotopic (exact) mass is 156 g/mol. The third-order valence-electron chi connectivity index (χ3n) is 1.81. The smallest absolute Gasteiger partial charge is 0.133 e. The van der Waals surface area contributed by atoms with Crippen molar-refractivity contribution in [3.05, 3.63) is 12.3 Å². The quantitative estimate of drug-likeness (QED) is 0.635. The van der Waals surface area contributed by atoms with Crippen molar-refractivity contribution in [1.82, 2.24) is 0 Å². The van der Waals surface area contributed by atoms with Crippen molar-refractivity contribution in [2.75, 3.05) is 0 Å². The summed E-state index contributed by atoms with van der Waals surface area (Å²) in [5, 5.41) is 9.08. The minimum atomic E-state index is -0.465. The zero-order valence-corrected chi connectivity index (χ0v) is 7.48. The normalized spacial score (nSPS) is 11.2. The summed E-state index contributed by atoms with van der Waals surface area (Å²) in [5.74, 6) is 0.240. The minimum Gasteiger partial charge on any atom is -0.512 e. The highest BCUT2D eigenvalue weighted by molar-refractivity contribution is 5.79. The highest BCUT2D eigenvalue weighted by Crippen LogP contribution is 2.27. The maximum absolute atomic E-state index is 11.0. The SMILES string of the molecule is C=C(O)C(C)(C)CC(=O)CC. The van der Waals surface area contributed by atoms with Gasteiger partial charge in [0.25, 0.3) is 0 Å². The lowest BCUT2D eigenvalue weighted by atomic mass is 9.85. The van der Waals surface area contributed by atoms with Gasteiger partial charge in [-0.25, -0.2) is 0 Å². The predicted octanol–water partition coefficient (Wildman–Crippen LogP) is 2.45. The molecule has 0 unspecified atom stereocenters. The number of ketones is 1. The fourth-order valence-corrected chi connectivity index (χ4v) is 0.720. The molecule has 0 saturated heterocycles. The summed E-state index contributed by atoms with van der Waals surface area (Å²) in [5.41, 5.74) is -0.465. The van der Waals surface area contributed by atoms with Crippen LogP contribution in [0, 0.1) is 5.41 Å². The maximum atomic E-state index is 11.0. The van der Waals surface area contributed by atoms with Gasteiger partial charge < -0.3 is 5.11 Å². The lowest BCUT2D eigenvalue weighted by molar-refractivity contribution is -0.120. The highest BCUT2D eigenvalue weighted by atomic mass is 16.3. The van der Waals surface area contributed by atoms with E-state index in [1.807, 2.05) is 20.8 Å². The summed E-state index contributed by atoms with van der Waals surface area (Å²) in [6.07, 6.45) is 0.898. The van der Waals surface area contributed by atoms with Gasteiger partial charge in [-0.2, -0.15) is 0 Å². The summed E-state index contributed by atoms with van der Waals surface area (Å²) < 4.78 is 0. The Morgan fingerprint density at radius 3 is 2.27 bits per heavy atom. The summed E-state index contributed by atoms with van der Waals surface area (Å²) in [6.45, 7) is 8.85. The van der Waals surface area contributed by atoms with E-state index >= 15 is 0 Å². The van der Waals surface area contributed by atoms with Gasteiger partial charge in [0.1, 0.15) is 5.78 Å². The molecule has 0 aromatic carbocycles. The number of aliphatic hydroxyl groups is 1. The van der Waals surface area contributed by atoms with Crippen LogP contribution in [0.5, 0.6) is 0 Å². The van der Waals surface area contributed by atoms with E-state index < -0.39 is 5.41 Å². The topological polar surface area (TPSA) is 37.3 Å². The van der Waals surface area contributed by atoms with Gasteiger partial charge in [-0.15, -0.1) is 0 Å². The molecule has 1 N–H and O–H groups in total. The zero-order valence-electron chi connectivity index (χ0n) is 7.48. The van der Waals surface area contributed by atoms with Crippen LogP contribution in [0.2, 0.25) is 0 Å². The van der Waals surface area contributed by atoms with Crippen molar-refractivity contribution in [2.24, 2.45) is 5.41 Å². The van der Waals surface area contributed by atoms with Crippen LogP contribution in [0.25, 0.3) is 0 Å². The van der Waals surface area contributed by atoms with E-state index in [4.69, 9.17) is 5.11 Å². The van der Waals surface area contributed by atoms with E-state index in [1.54, 1.807) is 0 Å². The number of aliphatic hydroxyl groups excluding tert-OH is 1. The van der Waals surface area contributed by atoms with E-state index in [2.05, 4.69) is 6.58 Å². The van der Waals surface area contributed by atoms with Crippen LogP contribution in [0.15, 0.2) is 12.3 Å². The van der Waals surface area contributed by atoms with Gasteiger partial charge >= 0.3 is 0 Å². The fraction of sp³-hybridized carbons (Fsp3) is 0.667. The van der Waals surface area contributed by atoms with Crippen LogP contribution in [-0.2, 0) is 4.79 Å². The molecule has 0 fully saturated rings. The average molecular weight is 156 g/mol. The Morgan fingerprint density at radius 1 is 1.55 bits per heavy atom. The van der Waals surface area contributed by atoms with Crippen LogP contribution in [0.1, 0.15) is 33.6 Å². The molecule has 2 heteroatoms. The first-order valence-corrected chi connectivity index (χ1v) is 3.80. The molecule has 0 aliphatic carbocycles. The van der Waals surface area contributed by atoms with Gasteiger partial charge in [0.2, 0.25) is 0 Å². The van der Waals surface area contributed by atoms with Gasteiger partial charge in [-0.05, 0) is 0 Å². The van der Waals surface area contributed by atoms with Gasteiger partial charge in [0.15, 0.2) is 0 Å². The zero-order chi connectivity index (χ0) is 9.07. The van der Waals surface area contributed by atoms with Crippen molar-refractivity contribution >= 4 is 5.78 Å². The third-order valence-corrected chi connectivity index (χ3v) is 1.81. The van der Waals surface area contributed by atoms with E-state index in [0.717, 1.165) is 0 Å². The van der Waals surface area contributed by atoms with Crippen molar-refractivity contribution in [3.63, 3.8) is 0 Å². The van der Waals surface area contributed by atoms with Crippen molar-refractivity contribution in [3.8, 4) is 0 Å². The number of carbonyl (C=O) groups is 1. The molecule has 0 atom stereocenters. The molecular formula is C9H16O2. The summed E-state index contributed by atoms with van der Waals surface area (Å²) in [6, 6.07) is 0. The second kappa shape index (κ2) is 3.56. The van der Waals surface area contributed by atoms with Crippen molar-refractivity contribution < 1.29 is 9.90 Å². The largest absolute Gasteiger partial charge is 0.512 e. The van der Waals surface area contributed by atoms with E-state index in [0.29, 0.717) is 12.8 Å². The Balaban J connectivity index is 4.12. The van der Waals surface area contributed by atoms with Crippen molar-refractivity contribution in [2.45, 2.75) is 33.6 Å². The van der Waals surface area contributed by atoms with E-state index in [9.17, 15) is 4.79 Å². The number of Topliss-reactive ketones (excluding diaryl/α,β-unsaturated/α-hetero) is 1. The fourth-order valence-electron chi connectivity index (χ4n) is 0.720. The Hall–Kier alpha value is -0.790. The first-order chi connectivity index (χ1) is 4.90. The maximum Gasteiger partial charge on any atom is 0.133 e.